The highest BCUT2D eigenvalue weighted by Gasteiger charge is 2.47. The number of aliphatic hydroxyl groups is 2. The SMILES string of the molecule is CNCCC[C@H](C)[C@H](C)Oc1cc(N/C=C2/C=CN=C(O)C2=N)nc(C(=N)C2=C(O)[C@]3(CCCCC3=O)CCC2)n1. The summed E-state index contributed by atoms with van der Waals surface area (Å²) in [7, 11) is 1.93. The van der Waals surface area contributed by atoms with Crippen molar-refractivity contribution in [1.82, 2.24) is 15.3 Å². The molecule has 1 aliphatic heterocycles. The Hall–Kier alpha value is -3.86. The van der Waals surface area contributed by atoms with Gasteiger partial charge in [-0.05, 0) is 77.5 Å². The standard InChI is InChI=1S/C30H41N7O4/c1-18(8-7-14-33-3)19(2)41-24-16-23(35-17-20-11-15-34-29(40)25(20)31)36-28(37-24)26(32)21-9-6-13-30(27(21)39)12-5-4-10-22(30)38/h11,15-19,31-33,39H,4-10,12-14H2,1-3H3,(H,34,40)(H,35,36,37)/b20-17-,31-25?,32-26?/t18-,19-,30+/m0/s1. The van der Waals surface area contributed by atoms with Crippen molar-refractivity contribution in [1.29, 1.82) is 10.8 Å². The molecule has 11 heteroatoms. The molecule has 1 aromatic heterocycles. The number of allylic oxidation sites excluding steroid dienone is 3. The predicted molar refractivity (Wildman–Crippen MR) is 159 cm³/mol. The van der Waals surface area contributed by atoms with Crippen molar-refractivity contribution in [2.45, 2.75) is 77.7 Å². The number of Topliss-reactive ketones (excluding diaryl/α,β-unsaturated/α-hetero) is 1. The smallest absolute Gasteiger partial charge is 0.237 e. The third-order valence-electron chi connectivity index (χ3n) is 8.32. The number of carbonyl (C=O) groups excluding carboxylic acids is 1. The van der Waals surface area contributed by atoms with Crippen molar-refractivity contribution in [3.8, 4) is 5.88 Å². The Bertz CT molecular complexity index is 1320. The number of rotatable bonds is 11. The van der Waals surface area contributed by atoms with Crippen LogP contribution in [0, 0.1) is 22.2 Å². The van der Waals surface area contributed by atoms with Gasteiger partial charge in [-0.2, -0.15) is 4.98 Å². The van der Waals surface area contributed by atoms with Crippen LogP contribution in [0.3, 0.4) is 0 Å². The largest absolute Gasteiger partial charge is 0.511 e. The number of anilines is 1. The van der Waals surface area contributed by atoms with Crippen molar-refractivity contribution in [2.24, 2.45) is 16.3 Å². The molecule has 0 radical (unpaired) electrons. The molecule has 0 amide bonds. The van der Waals surface area contributed by atoms with Gasteiger partial charge < -0.3 is 25.6 Å². The molecule has 2 heterocycles. The molecule has 3 atom stereocenters. The predicted octanol–water partition coefficient (Wildman–Crippen LogP) is 5.17. The minimum absolute atomic E-state index is 0.00734. The van der Waals surface area contributed by atoms with Crippen LogP contribution in [-0.2, 0) is 4.79 Å². The van der Waals surface area contributed by atoms with Gasteiger partial charge >= 0.3 is 0 Å². The van der Waals surface area contributed by atoms with Crippen LogP contribution in [0.25, 0.3) is 0 Å². The van der Waals surface area contributed by atoms with Crippen LogP contribution in [-0.4, -0.2) is 63.0 Å². The second-order valence-electron chi connectivity index (χ2n) is 11.1. The maximum atomic E-state index is 13.0. The molecule has 3 aliphatic rings. The lowest BCUT2D eigenvalue weighted by Gasteiger charge is -2.39. The van der Waals surface area contributed by atoms with Gasteiger partial charge in [-0.3, -0.25) is 15.6 Å². The van der Waals surface area contributed by atoms with Crippen LogP contribution in [0.15, 0.2) is 46.4 Å². The van der Waals surface area contributed by atoms with Crippen LogP contribution < -0.4 is 15.4 Å². The van der Waals surface area contributed by atoms with Gasteiger partial charge in [0, 0.05) is 36.0 Å². The second-order valence-corrected chi connectivity index (χ2v) is 11.1. The van der Waals surface area contributed by atoms with E-state index in [0.29, 0.717) is 49.1 Å². The number of ether oxygens (including phenoxy) is 1. The third-order valence-corrected chi connectivity index (χ3v) is 8.32. The van der Waals surface area contributed by atoms with Gasteiger partial charge in [-0.25, -0.2) is 9.98 Å². The number of carbonyl (C=O) groups is 1. The van der Waals surface area contributed by atoms with Gasteiger partial charge in [-0.15, -0.1) is 0 Å². The molecule has 41 heavy (non-hydrogen) atoms. The maximum absolute atomic E-state index is 13.0. The molecule has 0 unspecified atom stereocenters. The number of aromatic nitrogens is 2. The van der Waals surface area contributed by atoms with E-state index >= 15 is 0 Å². The molecule has 2 aliphatic carbocycles. The number of aliphatic imine (C=N–C) groups is 1. The average Bonchev–Trinajstić information content (AvgIpc) is 2.96. The van der Waals surface area contributed by atoms with Gasteiger partial charge in [0.1, 0.15) is 34.9 Å². The molecule has 4 rings (SSSR count). The highest BCUT2D eigenvalue weighted by Crippen LogP contribution is 2.48. The Morgan fingerprint density at radius 2 is 1.98 bits per heavy atom. The van der Waals surface area contributed by atoms with Crippen LogP contribution in [0.4, 0.5) is 5.82 Å². The molecule has 1 fully saturated rings. The van der Waals surface area contributed by atoms with Crippen molar-refractivity contribution >= 4 is 28.9 Å². The lowest BCUT2D eigenvalue weighted by molar-refractivity contribution is -0.131. The molecule has 0 bridgehead atoms. The Balaban J connectivity index is 1.66. The topological polar surface area (TPSA) is 177 Å². The zero-order valence-corrected chi connectivity index (χ0v) is 24.1. The van der Waals surface area contributed by atoms with Crippen LogP contribution in [0.1, 0.15) is 77.5 Å². The summed E-state index contributed by atoms with van der Waals surface area (Å²) in [5.41, 5.74) is -0.286. The fourth-order valence-corrected chi connectivity index (χ4v) is 5.63. The van der Waals surface area contributed by atoms with Gasteiger partial charge in [-0.1, -0.05) is 13.3 Å². The summed E-state index contributed by atoms with van der Waals surface area (Å²) >= 11 is 0. The first kappa shape index (κ1) is 30.1. The Morgan fingerprint density at radius 1 is 1.20 bits per heavy atom. The van der Waals surface area contributed by atoms with E-state index in [-0.39, 0.29) is 52.6 Å². The second kappa shape index (κ2) is 13.2. The molecule has 0 aromatic carbocycles. The fraction of sp³-hybridized carbons (Fsp3) is 0.533. The van der Waals surface area contributed by atoms with Gasteiger partial charge in [0.15, 0.2) is 5.82 Å². The quantitative estimate of drug-likeness (QED) is 0.158. The molecule has 1 saturated carbocycles. The summed E-state index contributed by atoms with van der Waals surface area (Å²) in [5, 5.41) is 44.4. The van der Waals surface area contributed by atoms with E-state index in [0.717, 1.165) is 32.2 Å². The summed E-state index contributed by atoms with van der Waals surface area (Å²) in [5.74, 6) is 0.561. The van der Waals surface area contributed by atoms with E-state index in [9.17, 15) is 15.0 Å². The van der Waals surface area contributed by atoms with Gasteiger partial charge in [0.05, 0.1) is 5.41 Å². The van der Waals surface area contributed by atoms with E-state index in [1.165, 1.54) is 12.4 Å². The highest BCUT2D eigenvalue weighted by molar-refractivity contribution is 6.44. The average molecular weight is 564 g/mol. The number of aliphatic hydroxyl groups excluding tert-OH is 2. The Morgan fingerprint density at radius 3 is 2.73 bits per heavy atom. The molecule has 220 valence electrons. The molecular formula is C30H41N7O4. The number of hydrogen-bond donors (Lipinski definition) is 6. The van der Waals surface area contributed by atoms with Gasteiger partial charge in [0.2, 0.25) is 11.8 Å². The van der Waals surface area contributed by atoms with E-state index in [4.69, 9.17) is 15.6 Å². The number of nitrogens with one attached hydrogen (secondary N) is 4. The zero-order chi connectivity index (χ0) is 29.6. The first-order valence-electron chi connectivity index (χ1n) is 14.4. The summed E-state index contributed by atoms with van der Waals surface area (Å²) in [4.78, 5) is 25.8. The molecule has 11 nitrogen and oxygen atoms in total. The highest BCUT2D eigenvalue weighted by atomic mass is 16.5. The Kier molecular flexibility index (Phi) is 9.69. The molecule has 0 saturated heterocycles. The third kappa shape index (κ3) is 6.73. The summed E-state index contributed by atoms with van der Waals surface area (Å²) < 4.78 is 6.23. The van der Waals surface area contributed by atoms with Crippen LogP contribution >= 0.6 is 0 Å². The van der Waals surface area contributed by atoms with E-state index in [2.05, 4.69) is 32.5 Å². The van der Waals surface area contributed by atoms with Crippen LogP contribution in [0.2, 0.25) is 0 Å². The van der Waals surface area contributed by atoms with E-state index in [1.54, 1.807) is 12.1 Å². The number of hydrogen-bond acceptors (Lipinski definition) is 10. The zero-order valence-electron chi connectivity index (χ0n) is 24.1. The number of nitrogens with zero attached hydrogens (tertiary/aromatic N) is 3. The van der Waals surface area contributed by atoms with Crippen molar-refractivity contribution < 1.29 is 19.7 Å². The normalized spacial score (nSPS) is 23.5. The molecular weight excluding hydrogens is 522 g/mol. The maximum Gasteiger partial charge on any atom is 0.237 e. The lowest BCUT2D eigenvalue weighted by atomic mass is 9.64. The Labute approximate surface area is 241 Å². The summed E-state index contributed by atoms with van der Waals surface area (Å²) in [6.45, 7) is 5.02. The minimum atomic E-state index is -0.910. The summed E-state index contributed by atoms with van der Waals surface area (Å²) in [6.07, 6.45) is 10.8. The minimum Gasteiger partial charge on any atom is -0.511 e. The van der Waals surface area contributed by atoms with Crippen molar-refractivity contribution in [3.63, 3.8) is 0 Å². The van der Waals surface area contributed by atoms with E-state index in [1.807, 2.05) is 14.0 Å². The fourth-order valence-electron chi connectivity index (χ4n) is 5.63. The molecule has 1 spiro atoms. The monoisotopic (exact) mass is 563 g/mol. The van der Waals surface area contributed by atoms with Gasteiger partial charge in [0.25, 0.3) is 0 Å². The first-order chi connectivity index (χ1) is 19.7. The molecule has 1 aromatic rings. The lowest BCUT2D eigenvalue weighted by Crippen LogP contribution is -2.39. The molecule has 6 N–H and O–H groups in total. The van der Waals surface area contributed by atoms with Crippen molar-refractivity contribution in [3.05, 3.63) is 47.3 Å². The first-order valence-corrected chi connectivity index (χ1v) is 14.4. The van der Waals surface area contributed by atoms with E-state index < -0.39 is 5.41 Å². The number of ketones is 1. The summed E-state index contributed by atoms with van der Waals surface area (Å²) in [6, 6.07) is 1.62. The van der Waals surface area contributed by atoms with Crippen molar-refractivity contribution in [2.75, 3.05) is 18.9 Å². The van der Waals surface area contributed by atoms with Crippen LogP contribution in [0.5, 0.6) is 5.88 Å².